The van der Waals surface area contributed by atoms with Crippen molar-refractivity contribution in [3.8, 4) is 0 Å². The van der Waals surface area contributed by atoms with Gasteiger partial charge in [0, 0.05) is 0 Å². The number of aryl methyl sites for hydroxylation is 1. The first-order chi connectivity index (χ1) is 8.18. The average Bonchev–Trinajstić information content (AvgIpc) is 2.39. The van der Waals surface area contributed by atoms with Crippen LogP contribution in [-0.2, 0) is 0 Å². The number of amides is 1. The number of benzene rings is 1. The summed E-state index contributed by atoms with van der Waals surface area (Å²) in [6.07, 6.45) is 3.55. The van der Waals surface area contributed by atoms with Crippen molar-refractivity contribution in [1.29, 1.82) is 0 Å². The van der Waals surface area contributed by atoms with E-state index in [1.807, 2.05) is 49.4 Å². The summed E-state index contributed by atoms with van der Waals surface area (Å²) in [5.41, 5.74) is 2.02. The monoisotopic (exact) mass is 262 g/mol. The van der Waals surface area contributed by atoms with Crippen molar-refractivity contribution in [2.75, 3.05) is 11.9 Å². The summed E-state index contributed by atoms with van der Waals surface area (Å²) in [4.78, 5) is 13.8. The highest BCUT2D eigenvalue weighted by molar-refractivity contribution is 5.84. The van der Waals surface area contributed by atoms with Gasteiger partial charge in [-0.2, -0.15) is 14.3 Å². The maximum atomic E-state index is 12.1. The number of anilines is 1. The number of nitrogens with zero attached hydrogens (tertiary/aromatic N) is 2. The molecule has 1 heterocycles. The number of carbonyl (C=O) groups is 1. The fourth-order valence-electron chi connectivity index (χ4n) is 1.56. The fourth-order valence-corrected chi connectivity index (χ4v) is 1.56. The number of carbonyl (C=O) groups excluding carboxylic acids is 1. The Labute approximate surface area is 113 Å². The standard InChI is InChI=1S/C14H15N2O.ClH/c1-12-8-10-16(11-9-12)14(17)15(2)13-6-4-3-5-7-13;/h3-11H,1-2H3;1H/q+1;/p-1. The molecule has 0 aliphatic carbocycles. The highest BCUT2D eigenvalue weighted by Gasteiger charge is 2.21. The Morgan fingerprint density at radius 1 is 1.06 bits per heavy atom. The lowest BCUT2D eigenvalue weighted by Gasteiger charge is -2.09. The van der Waals surface area contributed by atoms with Crippen LogP contribution >= 0.6 is 0 Å². The van der Waals surface area contributed by atoms with E-state index < -0.39 is 0 Å². The second kappa shape index (κ2) is 6.17. The Hall–Kier alpha value is -1.87. The summed E-state index contributed by atoms with van der Waals surface area (Å²) in [7, 11) is 1.77. The number of pyridine rings is 1. The third kappa shape index (κ3) is 3.08. The third-order valence-corrected chi connectivity index (χ3v) is 2.65. The quantitative estimate of drug-likeness (QED) is 0.630. The Morgan fingerprint density at radius 3 is 2.17 bits per heavy atom. The summed E-state index contributed by atoms with van der Waals surface area (Å²) < 4.78 is 1.57. The van der Waals surface area contributed by atoms with Gasteiger partial charge in [0.2, 0.25) is 0 Å². The molecule has 1 amide bonds. The molecular weight excluding hydrogens is 248 g/mol. The Morgan fingerprint density at radius 2 is 1.61 bits per heavy atom. The van der Waals surface area contributed by atoms with E-state index in [1.54, 1.807) is 28.9 Å². The van der Waals surface area contributed by atoms with Crippen molar-refractivity contribution >= 4 is 11.7 Å². The average molecular weight is 263 g/mol. The maximum Gasteiger partial charge on any atom is 0.502 e. The van der Waals surface area contributed by atoms with E-state index >= 15 is 0 Å². The van der Waals surface area contributed by atoms with Crippen molar-refractivity contribution in [3.63, 3.8) is 0 Å². The van der Waals surface area contributed by atoms with E-state index in [0.717, 1.165) is 11.3 Å². The van der Waals surface area contributed by atoms with Crippen molar-refractivity contribution in [2.45, 2.75) is 6.92 Å². The van der Waals surface area contributed by atoms with Crippen LogP contribution in [0.1, 0.15) is 5.56 Å². The molecule has 0 radical (unpaired) electrons. The van der Waals surface area contributed by atoms with Gasteiger partial charge in [0.25, 0.3) is 0 Å². The van der Waals surface area contributed by atoms with Crippen LogP contribution < -0.4 is 21.9 Å². The zero-order valence-electron chi connectivity index (χ0n) is 10.4. The SMILES string of the molecule is Cc1cc[n+](C(=O)N(C)c2ccccc2)cc1.[Cl-]. The number of rotatable bonds is 1. The number of para-hydroxylation sites is 1. The second-order valence-electron chi connectivity index (χ2n) is 3.96. The van der Waals surface area contributed by atoms with Gasteiger partial charge in [0.1, 0.15) is 5.69 Å². The minimum atomic E-state index is -0.0730. The molecule has 1 aromatic carbocycles. The van der Waals surface area contributed by atoms with Crippen molar-refractivity contribution in [2.24, 2.45) is 0 Å². The zero-order valence-corrected chi connectivity index (χ0v) is 11.1. The van der Waals surface area contributed by atoms with Crippen LogP contribution in [0.25, 0.3) is 0 Å². The highest BCUT2D eigenvalue weighted by atomic mass is 35.5. The number of hydrogen-bond acceptors (Lipinski definition) is 1. The van der Waals surface area contributed by atoms with Crippen LogP contribution in [0, 0.1) is 6.92 Å². The molecule has 0 atom stereocenters. The van der Waals surface area contributed by atoms with Gasteiger partial charge in [-0.25, -0.2) is 0 Å². The molecule has 94 valence electrons. The zero-order chi connectivity index (χ0) is 12.3. The molecular formula is C14H15ClN2O. The lowest BCUT2D eigenvalue weighted by Crippen LogP contribution is -3.00. The van der Waals surface area contributed by atoms with E-state index in [-0.39, 0.29) is 18.4 Å². The molecule has 4 heteroatoms. The van der Waals surface area contributed by atoms with E-state index in [1.165, 1.54) is 0 Å². The molecule has 0 aliphatic heterocycles. The Balaban J connectivity index is 0.00000162. The molecule has 0 bridgehead atoms. The van der Waals surface area contributed by atoms with E-state index in [0.29, 0.717) is 0 Å². The molecule has 18 heavy (non-hydrogen) atoms. The second-order valence-corrected chi connectivity index (χ2v) is 3.96. The molecule has 0 spiro atoms. The first kappa shape index (κ1) is 14.2. The lowest BCUT2D eigenvalue weighted by molar-refractivity contribution is -0.569. The van der Waals surface area contributed by atoms with E-state index in [2.05, 4.69) is 0 Å². The van der Waals surface area contributed by atoms with Gasteiger partial charge in [-0.1, -0.05) is 18.2 Å². The molecule has 0 N–H and O–H groups in total. The normalized spacial score (nSPS) is 9.44. The number of halogens is 1. The Bertz CT molecular complexity index is 511. The number of aromatic nitrogens is 1. The molecule has 0 saturated carbocycles. The summed E-state index contributed by atoms with van der Waals surface area (Å²) >= 11 is 0. The summed E-state index contributed by atoms with van der Waals surface area (Å²) in [5.74, 6) is 0. The largest absolute Gasteiger partial charge is 1.00 e. The van der Waals surface area contributed by atoms with Gasteiger partial charge < -0.3 is 12.4 Å². The van der Waals surface area contributed by atoms with Gasteiger partial charge in [-0.3, -0.25) is 0 Å². The van der Waals surface area contributed by atoms with Crippen molar-refractivity contribution < 1.29 is 21.8 Å². The van der Waals surface area contributed by atoms with Crippen LogP contribution in [0.4, 0.5) is 10.5 Å². The molecule has 0 aliphatic rings. The van der Waals surface area contributed by atoms with Crippen LogP contribution in [0.15, 0.2) is 54.9 Å². The molecule has 2 rings (SSSR count). The van der Waals surface area contributed by atoms with Crippen molar-refractivity contribution in [3.05, 3.63) is 60.4 Å². The summed E-state index contributed by atoms with van der Waals surface area (Å²) in [6, 6.07) is 13.3. The van der Waals surface area contributed by atoms with Crippen molar-refractivity contribution in [1.82, 2.24) is 0 Å². The first-order valence-corrected chi connectivity index (χ1v) is 5.49. The van der Waals surface area contributed by atoms with Gasteiger partial charge in [-0.15, -0.1) is 0 Å². The van der Waals surface area contributed by atoms with Gasteiger partial charge in [0.15, 0.2) is 0 Å². The minimum Gasteiger partial charge on any atom is -1.00 e. The predicted molar refractivity (Wildman–Crippen MR) is 67.0 cm³/mol. The van der Waals surface area contributed by atoms with Crippen LogP contribution in [0.3, 0.4) is 0 Å². The summed E-state index contributed by atoms with van der Waals surface area (Å²) in [6.45, 7) is 2.00. The first-order valence-electron chi connectivity index (χ1n) is 5.49. The summed E-state index contributed by atoms with van der Waals surface area (Å²) in [5, 5.41) is 0. The van der Waals surface area contributed by atoms with Crippen LogP contribution in [0.2, 0.25) is 0 Å². The molecule has 3 nitrogen and oxygen atoms in total. The molecule has 1 aromatic heterocycles. The van der Waals surface area contributed by atoms with Crippen LogP contribution in [-0.4, -0.2) is 13.1 Å². The smallest absolute Gasteiger partial charge is 0.502 e. The predicted octanol–water partition coefficient (Wildman–Crippen LogP) is -0.609. The molecule has 0 unspecified atom stereocenters. The third-order valence-electron chi connectivity index (χ3n) is 2.65. The van der Waals surface area contributed by atoms with E-state index in [9.17, 15) is 4.79 Å². The highest BCUT2D eigenvalue weighted by Crippen LogP contribution is 2.10. The molecule has 0 fully saturated rings. The fraction of sp³-hybridized carbons (Fsp3) is 0.143. The topological polar surface area (TPSA) is 24.2 Å². The van der Waals surface area contributed by atoms with Gasteiger partial charge in [-0.05, 0) is 36.8 Å². The maximum absolute atomic E-state index is 12.1. The lowest BCUT2D eigenvalue weighted by atomic mass is 10.3. The molecule has 2 aromatic rings. The number of hydrogen-bond donors (Lipinski definition) is 0. The minimum absolute atomic E-state index is 0. The van der Waals surface area contributed by atoms with Gasteiger partial charge in [0.05, 0.1) is 19.4 Å². The van der Waals surface area contributed by atoms with Crippen LogP contribution in [0.5, 0.6) is 0 Å². The van der Waals surface area contributed by atoms with E-state index in [4.69, 9.17) is 0 Å². The Kier molecular flexibility index (Phi) is 4.86. The molecule has 0 saturated heterocycles. The van der Waals surface area contributed by atoms with Gasteiger partial charge >= 0.3 is 6.03 Å².